The van der Waals surface area contributed by atoms with Crippen molar-refractivity contribution < 1.29 is 9.59 Å². The number of rotatable bonds is 4. The summed E-state index contributed by atoms with van der Waals surface area (Å²) in [5.74, 6) is -0.658. The van der Waals surface area contributed by atoms with E-state index in [4.69, 9.17) is 0 Å². The average Bonchev–Trinajstić information content (AvgIpc) is 2.95. The molecule has 2 amide bonds. The fourth-order valence-corrected chi connectivity index (χ4v) is 3.48. The Morgan fingerprint density at radius 3 is 2.07 bits per heavy atom. The molecule has 0 saturated heterocycles. The number of anilines is 2. The smallest absolute Gasteiger partial charge is 0.282 e. The fourth-order valence-electron chi connectivity index (χ4n) is 3.48. The maximum Gasteiger partial charge on any atom is 0.282 e. The first kappa shape index (κ1) is 18.7. The third-order valence-electron chi connectivity index (χ3n) is 5.07. The maximum atomic E-state index is 13.5. The average molecular weight is 382 g/mol. The third kappa shape index (κ3) is 3.45. The van der Waals surface area contributed by atoms with Crippen LogP contribution in [-0.4, -0.2) is 11.8 Å². The minimum absolute atomic E-state index is 0.297. The van der Waals surface area contributed by atoms with Crippen molar-refractivity contribution in [3.05, 3.63) is 101 Å². The van der Waals surface area contributed by atoms with E-state index < -0.39 is 0 Å². The Morgan fingerprint density at radius 1 is 0.724 bits per heavy atom. The molecule has 0 aromatic heterocycles. The molecule has 4 heteroatoms. The van der Waals surface area contributed by atoms with Crippen LogP contribution in [0.2, 0.25) is 0 Å². The van der Waals surface area contributed by atoms with Crippen molar-refractivity contribution in [2.45, 2.75) is 20.8 Å². The Balaban J connectivity index is 1.85. The second kappa shape index (κ2) is 7.40. The summed E-state index contributed by atoms with van der Waals surface area (Å²) in [6, 6.07) is 22.9. The van der Waals surface area contributed by atoms with Crippen LogP contribution in [0.25, 0.3) is 5.57 Å². The van der Waals surface area contributed by atoms with Gasteiger partial charge >= 0.3 is 0 Å². The van der Waals surface area contributed by atoms with E-state index in [-0.39, 0.29) is 11.8 Å². The summed E-state index contributed by atoms with van der Waals surface area (Å²) < 4.78 is 0. The molecular weight excluding hydrogens is 360 g/mol. The standard InChI is InChI=1S/C25H22N2O2/c1-16-10-13-19(14-11-16)22-23(26-20-7-5-4-6-8-20)25(29)27(24(22)28)21-15-17(2)9-12-18(21)3/h4-15,26H,1-3H3. The minimum atomic E-state index is -0.344. The van der Waals surface area contributed by atoms with Crippen molar-refractivity contribution in [3.63, 3.8) is 0 Å². The number of nitrogens with zero attached hydrogens (tertiary/aromatic N) is 1. The van der Waals surface area contributed by atoms with Crippen LogP contribution in [0.15, 0.2) is 78.5 Å². The molecule has 0 unspecified atom stereocenters. The number of para-hydroxylation sites is 1. The lowest BCUT2D eigenvalue weighted by molar-refractivity contribution is -0.120. The molecule has 29 heavy (non-hydrogen) atoms. The van der Waals surface area contributed by atoms with Gasteiger partial charge in [-0.25, -0.2) is 4.90 Å². The predicted molar refractivity (Wildman–Crippen MR) is 117 cm³/mol. The number of nitrogens with one attached hydrogen (secondary N) is 1. The van der Waals surface area contributed by atoms with Gasteiger partial charge < -0.3 is 5.32 Å². The first-order valence-corrected chi connectivity index (χ1v) is 9.55. The van der Waals surface area contributed by atoms with Crippen LogP contribution in [0, 0.1) is 20.8 Å². The highest BCUT2D eigenvalue weighted by molar-refractivity contribution is 6.46. The molecule has 4 nitrogen and oxygen atoms in total. The van der Waals surface area contributed by atoms with Crippen molar-refractivity contribution in [1.29, 1.82) is 0 Å². The minimum Gasteiger partial charge on any atom is -0.350 e. The number of hydrogen-bond donors (Lipinski definition) is 1. The summed E-state index contributed by atoms with van der Waals surface area (Å²) in [4.78, 5) is 28.2. The van der Waals surface area contributed by atoms with E-state index in [2.05, 4.69) is 5.32 Å². The van der Waals surface area contributed by atoms with Gasteiger partial charge in [-0.05, 0) is 55.7 Å². The molecule has 1 N–H and O–H groups in total. The SMILES string of the molecule is Cc1ccc(C2=C(Nc3ccccc3)C(=O)N(c3cc(C)ccc3C)C2=O)cc1. The van der Waals surface area contributed by atoms with E-state index >= 15 is 0 Å². The van der Waals surface area contributed by atoms with E-state index in [0.29, 0.717) is 17.0 Å². The van der Waals surface area contributed by atoms with Crippen molar-refractivity contribution in [1.82, 2.24) is 0 Å². The molecule has 0 saturated carbocycles. The zero-order chi connectivity index (χ0) is 20.5. The van der Waals surface area contributed by atoms with Crippen LogP contribution in [0.4, 0.5) is 11.4 Å². The second-order valence-corrected chi connectivity index (χ2v) is 7.34. The van der Waals surface area contributed by atoms with E-state index in [1.165, 1.54) is 4.90 Å². The van der Waals surface area contributed by atoms with Crippen LogP contribution in [-0.2, 0) is 9.59 Å². The molecule has 0 bridgehead atoms. The molecular formula is C25H22N2O2. The zero-order valence-electron chi connectivity index (χ0n) is 16.7. The molecule has 0 aliphatic carbocycles. The van der Waals surface area contributed by atoms with Gasteiger partial charge in [-0.15, -0.1) is 0 Å². The third-order valence-corrected chi connectivity index (χ3v) is 5.07. The molecule has 4 rings (SSSR count). The van der Waals surface area contributed by atoms with Gasteiger partial charge in [0.15, 0.2) is 0 Å². The van der Waals surface area contributed by atoms with Gasteiger partial charge in [0, 0.05) is 5.69 Å². The largest absolute Gasteiger partial charge is 0.350 e. The van der Waals surface area contributed by atoms with Crippen LogP contribution in [0.5, 0.6) is 0 Å². The quantitative estimate of drug-likeness (QED) is 0.646. The topological polar surface area (TPSA) is 49.4 Å². The Hall–Kier alpha value is -3.66. The number of amides is 2. The van der Waals surface area contributed by atoms with Gasteiger partial charge in [-0.3, -0.25) is 9.59 Å². The number of carbonyl (C=O) groups is 2. The summed E-state index contributed by atoms with van der Waals surface area (Å²) >= 11 is 0. The van der Waals surface area contributed by atoms with Gasteiger partial charge in [-0.2, -0.15) is 0 Å². The molecule has 144 valence electrons. The fraction of sp³-hybridized carbons (Fsp3) is 0.120. The number of aryl methyl sites for hydroxylation is 3. The lowest BCUT2D eigenvalue weighted by atomic mass is 10.0. The molecule has 1 aliphatic heterocycles. The van der Waals surface area contributed by atoms with E-state index in [1.807, 2.05) is 93.6 Å². The lowest BCUT2D eigenvalue weighted by Gasteiger charge is -2.18. The van der Waals surface area contributed by atoms with E-state index in [1.54, 1.807) is 0 Å². The molecule has 1 heterocycles. The summed E-state index contributed by atoms with van der Waals surface area (Å²) in [6.07, 6.45) is 0. The highest BCUT2D eigenvalue weighted by atomic mass is 16.2. The van der Waals surface area contributed by atoms with Gasteiger partial charge in [0.2, 0.25) is 0 Å². The van der Waals surface area contributed by atoms with E-state index in [0.717, 1.165) is 27.9 Å². The molecule has 0 radical (unpaired) electrons. The van der Waals surface area contributed by atoms with Crippen molar-refractivity contribution in [2.75, 3.05) is 10.2 Å². The van der Waals surface area contributed by atoms with Crippen LogP contribution >= 0.6 is 0 Å². The van der Waals surface area contributed by atoms with E-state index in [9.17, 15) is 9.59 Å². The monoisotopic (exact) mass is 382 g/mol. The molecule has 3 aromatic carbocycles. The summed E-state index contributed by atoms with van der Waals surface area (Å²) in [5, 5.41) is 3.19. The molecule has 0 fully saturated rings. The second-order valence-electron chi connectivity index (χ2n) is 7.34. The maximum absolute atomic E-state index is 13.5. The Kier molecular flexibility index (Phi) is 4.77. The number of hydrogen-bond acceptors (Lipinski definition) is 3. The predicted octanol–water partition coefficient (Wildman–Crippen LogP) is 5.01. The summed E-state index contributed by atoms with van der Waals surface area (Å²) in [7, 11) is 0. The molecule has 1 aliphatic rings. The van der Waals surface area contributed by atoms with Crippen LogP contribution in [0.1, 0.15) is 22.3 Å². The van der Waals surface area contributed by atoms with Crippen molar-refractivity contribution in [2.24, 2.45) is 0 Å². The van der Waals surface area contributed by atoms with Crippen LogP contribution < -0.4 is 10.2 Å². The zero-order valence-corrected chi connectivity index (χ0v) is 16.7. The number of benzene rings is 3. The lowest BCUT2D eigenvalue weighted by Crippen LogP contribution is -2.33. The highest BCUT2D eigenvalue weighted by Gasteiger charge is 2.40. The summed E-state index contributed by atoms with van der Waals surface area (Å²) in [6.45, 7) is 5.85. The normalized spacial score (nSPS) is 14.0. The summed E-state index contributed by atoms with van der Waals surface area (Å²) in [5.41, 5.74) is 5.75. The Morgan fingerprint density at radius 2 is 1.38 bits per heavy atom. The molecule has 3 aromatic rings. The number of imide groups is 1. The van der Waals surface area contributed by atoms with Crippen molar-refractivity contribution in [3.8, 4) is 0 Å². The highest BCUT2D eigenvalue weighted by Crippen LogP contribution is 2.35. The molecule has 0 spiro atoms. The van der Waals surface area contributed by atoms with Gasteiger partial charge in [0.05, 0.1) is 11.3 Å². The van der Waals surface area contributed by atoms with Crippen LogP contribution in [0.3, 0.4) is 0 Å². The van der Waals surface area contributed by atoms with Gasteiger partial charge in [-0.1, -0.05) is 60.2 Å². The Labute approximate surface area is 170 Å². The van der Waals surface area contributed by atoms with Gasteiger partial charge in [0.25, 0.3) is 11.8 Å². The first-order valence-electron chi connectivity index (χ1n) is 9.55. The number of carbonyl (C=O) groups excluding carboxylic acids is 2. The first-order chi connectivity index (χ1) is 14.0. The molecule has 0 atom stereocenters. The van der Waals surface area contributed by atoms with Gasteiger partial charge in [0.1, 0.15) is 5.70 Å². The van der Waals surface area contributed by atoms with Crippen molar-refractivity contribution >= 4 is 28.8 Å². The Bertz CT molecular complexity index is 1130.